The van der Waals surface area contributed by atoms with Gasteiger partial charge in [-0.15, -0.1) is 0 Å². The van der Waals surface area contributed by atoms with E-state index in [0.29, 0.717) is 5.56 Å². The molecule has 1 heterocycles. The maximum Gasteiger partial charge on any atom is 0.343 e. The normalized spacial score (nSPS) is 10.4. The number of H-pyrrole nitrogens is 1. The summed E-state index contributed by atoms with van der Waals surface area (Å²) < 4.78 is 14.3. The summed E-state index contributed by atoms with van der Waals surface area (Å²) in [6.45, 7) is 0.00489. The first-order chi connectivity index (χ1) is 9.06. The standard InChI is InChI=1S/C11H10ClFN4O2/c12-8-2-1-7(3-9(8)13)4-14-10(18)5-17-6-15-16-11(17)19/h1-3,6H,4-5H2,(H,14,18)(H,16,19). The fraction of sp³-hybridized carbons (Fsp3) is 0.182. The van der Waals surface area contributed by atoms with Crippen molar-refractivity contribution in [1.82, 2.24) is 20.1 Å². The molecule has 6 nitrogen and oxygen atoms in total. The van der Waals surface area contributed by atoms with Crippen LogP contribution in [0.25, 0.3) is 0 Å². The molecule has 0 aliphatic rings. The highest BCUT2D eigenvalue weighted by Crippen LogP contribution is 2.15. The van der Waals surface area contributed by atoms with Crippen LogP contribution in [-0.4, -0.2) is 20.7 Å². The van der Waals surface area contributed by atoms with Crippen LogP contribution in [0.3, 0.4) is 0 Å². The second-order valence-corrected chi connectivity index (χ2v) is 4.22. The Bertz CT molecular complexity index is 652. The molecule has 2 N–H and O–H groups in total. The molecule has 2 aromatic rings. The number of aromatic nitrogens is 3. The van der Waals surface area contributed by atoms with Gasteiger partial charge in [0.2, 0.25) is 5.91 Å². The highest BCUT2D eigenvalue weighted by atomic mass is 35.5. The van der Waals surface area contributed by atoms with E-state index in [1.54, 1.807) is 6.07 Å². The summed E-state index contributed by atoms with van der Waals surface area (Å²) in [6, 6.07) is 4.27. The Morgan fingerprint density at radius 3 is 2.95 bits per heavy atom. The zero-order valence-corrected chi connectivity index (χ0v) is 10.4. The minimum Gasteiger partial charge on any atom is -0.350 e. The van der Waals surface area contributed by atoms with Gasteiger partial charge in [0, 0.05) is 6.54 Å². The molecule has 0 atom stereocenters. The van der Waals surface area contributed by atoms with Gasteiger partial charge in [0.1, 0.15) is 18.7 Å². The van der Waals surface area contributed by atoms with E-state index in [0.717, 1.165) is 4.57 Å². The minimum atomic E-state index is -0.542. The average molecular weight is 285 g/mol. The van der Waals surface area contributed by atoms with Crippen molar-refractivity contribution < 1.29 is 9.18 Å². The van der Waals surface area contributed by atoms with Crippen LogP contribution >= 0.6 is 11.6 Å². The third-order valence-electron chi connectivity index (χ3n) is 2.41. The van der Waals surface area contributed by atoms with Gasteiger partial charge in [-0.25, -0.2) is 14.3 Å². The van der Waals surface area contributed by atoms with Gasteiger partial charge in [-0.2, -0.15) is 5.10 Å². The predicted molar refractivity (Wildman–Crippen MR) is 66.1 cm³/mol. The number of hydrogen-bond donors (Lipinski definition) is 2. The van der Waals surface area contributed by atoms with Gasteiger partial charge in [0.15, 0.2) is 0 Å². The Labute approximate surface area is 112 Å². The number of hydrogen-bond acceptors (Lipinski definition) is 3. The van der Waals surface area contributed by atoms with E-state index in [-0.39, 0.29) is 24.0 Å². The van der Waals surface area contributed by atoms with Gasteiger partial charge in [-0.1, -0.05) is 17.7 Å². The largest absolute Gasteiger partial charge is 0.350 e. The van der Waals surface area contributed by atoms with E-state index in [2.05, 4.69) is 15.5 Å². The average Bonchev–Trinajstić information content (AvgIpc) is 2.77. The lowest BCUT2D eigenvalue weighted by atomic mass is 10.2. The molecule has 1 amide bonds. The number of aromatic amines is 1. The molecule has 0 spiro atoms. The van der Waals surface area contributed by atoms with Crippen molar-refractivity contribution in [2.75, 3.05) is 0 Å². The maximum absolute atomic E-state index is 13.2. The molecule has 0 radical (unpaired) electrons. The van der Waals surface area contributed by atoms with Crippen LogP contribution in [0.5, 0.6) is 0 Å². The second-order valence-electron chi connectivity index (χ2n) is 3.81. The SMILES string of the molecule is O=C(Cn1cn[nH]c1=O)NCc1ccc(Cl)c(F)c1. The van der Waals surface area contributed by atoms with Crippen molar-refractivity contribution in [2.45, 2.75) is 13.1 Å². The first-order valence-corrected chi connectivity index (χ1v) is 5.74. The fourth-order valence-corrected chi connectivity index (χ4v) is 1.56. The van der Waals surface area contributed by atoms with Gasteiger partial charge in [0.25, 0.3) is 0 Å². The van der Waals surface area contributed by atoms with Crippen molar-refractivity contribution in [3.05, 3.63) is 51.4 Å². The van der Waals surface area contributed by atoms with E-state index in [1.165, 1.54) is 18.5 Å². The molecule has 2 rings (SSSR count). The van der Waals surface area contributed by atoms with Crippen LogP contribution in [0, 0.1) is 5.82 Å². The molecule has 1 aromatic carbocycles. The summed E-state index contributed by atoms with van der Waals surface area (Å²) in [5.74, 6) is -0.918. The zero-order chi connectivity index (χ0) is 13.8. The van der Waals surface area contributed by atoms with Crippen molar-refractivity contribution in [1.29, 1.82) is 0 Å². The summed E-state index contributed by atoms with van der Waals surface area (Å²) >= 11 is 5.54. The van der Waals surface area contributed by atoms with Crippen molar-refractivity contribution in [3.8, 4) is 0 Å². The quantitative estimate of drug-likeness (QED) is 0.866. The van der Waals surface area contributed by atoms with E-state index in [9.17, 15) is 14.0 Å². The van der Waals surface area contributed by atoms with E-state index in [4.69, 9.17) is 11.6 Å². The van der Waals surface area contributed by atoms with Crippen molar-refractivity contribution >= 4 is 17.5 Å². The molecule has 100 valence electrons. The number of halogens is 2. The van der Waals surface area contributed by atoms with Crippen LogP contribution in [0.1, 0.15) is 5.56 Å². The van der Waals surface area contributed by atoms with Crippen LogP contribution in [0.15, 0.2) is 29.3 Å². The molecule has 0 bridgehead atoms. The summed E-state index contributed by atoms with van der Waals surface area (Å²) in [5, 5.41) is 8.26. The molecule has 0 aliphatic carbocycles. The third-order valence-corrected chi connectivity index (χ3v) is 2.71. The lowest BCUT2D eigenvalue weighted by Crippen LogP contribution is -2.30. The monoisotopic (exact) mass is 284 g/mol. The van der Waals surface area contributed by atoms with Crippen LogP contribution in [-0.2, 0) is 17.9 Å². The number of carbonyl (C=O) groups excluding carboxylic acids is 1. The van der Waals surface area contributed by atoms with Gasteiger partial charge >= 0.3 is 5.69 Å². The number of rotatable bonds is 4. The Morgan fingerprint density at radius 1 is 1.53 bits per heavy atom. The zero-order valence-electron chi connectivity index (χ0n) is 9.69. The van der Waals surface area contributed by atoms with Crippen molar-refractivity contribution in [2.24, 2.45) is 0 Å². The molecule has 0 aliphatic heterocycles. The summed E-state index contributed by atoms with van der Waals surface area (Å²) in [7, 11) is 0. The first-order valence-electron chi connectivity index (χ1n) is 5.36. The number of carbonyl (C=O) groups is 1. The lowest BCUT2D eigenvalue weighted by molar-refractivity contribution is -0.121. The summed E-state index contributed by atoms with van der Waals surface area (Å²) in [6.07, 6.45) is 1.23. The van der Waals surface area contributed by atoms with Crippen molar-refractivity contribution in [3.63, 3.8) is 0 Å². The minimum absolute atomic E-state index is 0.0278. The Morgan fingerprint density at radius 2 is 2.32 bits per heavy atom. The number of benzene rings is 1. The molecule has 0 saturated heterocycles. The number of nitrogens with zero attached hydrogens (tertiary/aromatic N) is 2. The van der Waals surface area contributed by atoms with Gasteiger partial charge < -0.3 is 5.32 Å². The second kappa shape index (κ2) is 5.66. The Hall–Kier alpha value is -2.15. The van der Waals surface area contributed by atoms with Crippen LogP contribution in [0.4, 0.5) is 4.39 Å². The molecule has 8 heteroatoms. The molecule has 1 aromatic heterocycles. The highest BCUT2D eigenvalue weighted by Gasteiger charge is 2.06. The molecular formula is C11H10ClFN4O2. The van der Waals surface area contributed by atoms with Gasteiger partial charge in [0.05, 0.1) is 5.02 Å². The summed E-state index contributed by atoms with van der Waals surface area (Å²) in [4.78, 5) is 22.7. The van der Waals surface area contributed by atoms with E-state index < -0.39 is 11.5 Å². The first kappa shape index (κ1) is 13.3. The summed E-state index contributed by atoms with van der Waals surface area (Å²) in [5.41, 5.74) is 0.113. The topological polar surface area (TPSA) is 79.8 Å². The maximum atomic E-state index is 13.2. The van der Waals surface area contributed by atoms with Gasteiger partial charge in [-0.3, -0.25) is 9.36 Å². The molecular weight excluding hydrogens is 275 g/mol. The smallest absolute Gasteiger partial charge is 0.343 e. The fourth-order valence-electron chi connectivity index (χ4n) is 1.44. The molecule has 19 heavy (non-hydrogen) atoms. The molecule has 0 saturated carbocycles. The highest BCUT2D eigenvalue weighted by molar-refractivity contribution is 6.30. The Balaban J connectivity index is 1.91. The van der Waals surface area contributed by atoms with E-state index in [1.807, 2.05) is 0 Å². The lowest BCUT2D eigenvalue weighted by Gasteiger charge is -2.05. The molecule has 0 fully saturated rings. The third kappa shape index (κ3) is 3.41. The van der Waals surface area contributed by atoms with Crippen LogP contribution in [0.2, 0.25) is 5.02 Å². The number of nitrogens with one attached hydrogen (secondary N) is 2. The number of amides is 1. The van der Waals surface area contributed by atoms with Gasteiger partial charge in [-0.05, 0) is 17.7 Å². The molecule has 0 unspecified atom stereocenters. The Kier molecular flexibility index (Phi) is 3.96. The van der Waals surface area contributed by atoms with Crippen LogP contribution < -0.4 is 11.0 Å². The predicted octanol–water partition coefficient (Wildman–Crippen LogP) is 0.680. The van der Waals surface area contributed by atoms with E-state index >= 15 is 0 Å².